The van der Waals surface area contributed by atoms with Gasteiger partial charge in [-0.3, -0.25) is 4.79 Å². The standard InChI is InChI=1S/C15H19BrN2O2/c16-11-2-4-14(19)13(6-11)15(20)18-7-9-1-3-12(17)5-10(9)8-18/h2,4,6,9-10,12,19H,1,3,5,7-8,17H2/t9-,10+,12?/m1/s1. The SMILES string of the molecule is NC1CC[C@@H]2CN(C(=O)c3cc(Br)ccc3O)C[C@@H]2C1. The van der Waals surface area contributed by atoms with Crippen LogP contribution in [0.25, 0.3) is 0 Å². The van der Waals surface area contributed by atoms with E-state index in [4.69, 9.17) is 5.73 Å². The van der Waals surface area contributed by atoms with Crippen LogP contribution in [-0.4, -0.2) is 35.0 Å². The molecule has 1 unspecified atom stereocenters. The van der Waals surface area contributed by atoms with Gasteiger partial charge in [-0.25, -0.2) is 0 Å². The van der Waals surface area contributed by atoms with Crippen molar-refractivity contribution in [3.63, 3.8) is 0 Å². The molecule has 3 N–H and O–H groups in total. The van der Waals surface area contributed by atoms with E-state index in [0.29, 0.717) is 17.4 Å². The van der Waals surface area contributed by atoms with Gasteiger partial charge in [0.25, 0.3) is 5.91 Å². The summed E-state index contributed by atoms with van der Waals surface area (Å²) in [4.78, 5) is 14.4. The lowest BCUT2D eigenvalue weighted by Gasteiger charge is -2.27. The number of carbonyl (C=O) groups excluding carboxylic acids is 1. The second kappa shape index (κ2) is 5.37. The summed E-state index contributed by atoms with van der Waals surface area (Å²) in [6, 6.07) is 5.25. The Labute approximate surface area is 127 Å². The molecule has 1 aliphatic heterocycles. The number of amides is 1. The van der Waals surface area contributed by atoms with Gasteiger partial charge in [-0.15, -0.1) is 0 Å². The maximum absolute atomic E-state index is 12.6. The van der Waals surface area contributed by atoms with Crippen molar-refractivity contribution in [2.24, 2.45) is 17.6 Å². The molecular weight excluding hydrogens is 320 g/mol. The molecule has 2 fully saturated rings. The first-order valence-corrected chi connectivity index (χ1v) is 7.87. The number of fused-ring (bicyclic) bond motifs is 1. The molecule has 0 aromatic heterocycles. The van der Waals surface area contributed by atoms with Crippen LogP contribution in [0.4, 0.5) is 0 Å². The van der Waals surface area contributed by atoms with Crippen LogP contribution in [0.15, 0.2) is 22.7 Å². The monoisotopic (exact) mass is 338 g/mol. The maximum atomic E-state index is 12.6. The molecule has 1 aromatic rings. The van der Waals surface area contributed by atoms with Crippen molar-refractivity contribution in [3.05, 3.63) is 28.2 Å². The van der Waals surface area contributed by atoms with E-state index in [9.17, 15) is 9.90 Å². The molecule has 1 heterocycles. The highest BCUT2D eigenvalue weighted by atomic mass is 79.9. The number of hydrogen-bond donors (Lipinski definition) is 2. The Morgan fingerprint density at radius 2 is 2.05 bits per heavy atom. The molecule has 0 radical (unpaired) electrons. The normalized spacial score (nSPS) is 29.3. The van der Waals surface area contributed by atoms with Gasteiger partial charge < -0.3 is 15.7 Å². The van der Waals surface area contributed by atoms with Gasteiger partial charge in [0.15, 0.2) is 0 Å². The number of halogens is 1. The van der Waals surface area contributed by atoms with Gasteiger partial charge in [0.05, 0.1) is 5.56 Å². The van der Waals surface area contributed by atoms with Crippen molar-refractivity contribution in [1.82, 2.24) is 4.90 Å². The first-order valence-electron chi connectivity index (χ1n) is 7.08. The molecule has 4 nitrogen and oxygen atoms in total. The molecule has 1 aliphatic carbocycles. The van der Waals surface area contributed by atoms with E-state index < -0.39 is 0 Å². The number of benzene rings is 1. The lowest BCUT2D eigenvalue weighted by molar-refractivity contribution is 0.0781. The average molecular weight is 339 g/mol. The lowest BCUT2D eigenvalue weighted by atomic mass is 9.79. The Morgan fingerprint density at radius 1 is 1.30 bits per heavy atom. The molecular formula is C15H19BrN2O2. The van der Waals surface area contributed by atoms with Crippen LogP contribution in [-0.2, 0) is 0 Å². The minimum atomic E-state index is -0.0771. The summed E-state index contributed by atoms with van der Waals surface area (Å²) in [7, 11) is 0. The van der Waals surface area contributed by atoms with Crippen molar-refractivity contribution in [2.45, 2.75) is 25.3 Å². The predicted octanol–water partition coefficient (Wildman–Crippen LogP) is 2.35. The topological polar surface area (TPSA) is 66.6 Å². The van der Waals surface area contributed by atoms with Gasteiger partial charge in [-0.05, 0) is 49.3 Å². The van der Waals surface area contributed by atoms with Crippen molar-refractivity contribution in [2.75, 3.05) is 13.1 Å². The van der Waals surface area contributed by atoms with E-state index in [2.05, 4.69) is 15.9 Å². The molecule has 1 saturated heterocycles. The number of nitrogens with two attached hydrogens (primary N) is 1. The Kier molecular flexibility index (Phi) is 3.73. The van der Waals surface area contributed by atoms with Crippen LogP contribution in [0.3, 0.4) is 0 Å². The Hall–Kier alpha value is -1.07. The molecule has 108 valence electrons. The molecule has 2 aliphatic rings. The summed E-state index contributed by atoms with van der Waals surface area (Å²) in [6.07, 6.45) is 3.18. The van der Waals surface area contributed by atoms with E-state index in [-0.39, 0.29) is 17.7 Å². The highest BCUT2D eigenvalue weighted by molar-refractivity contribution is 9.10. The van der Waals surface area contributed by atoms with Crippen LogP contribution in [0.2, 0.25) is 0 Å². The minimum absolute atomic E-state index is 0.0461. The summed E-state index contributed by atoms with van der Waals surface area (Å²) in [5.74, 6) is 1.07. The van der Waals surface area contributed by atoms with E-state index in [1.165, 1.54) is 0 Å². The average Bonchev–Trinajstić information content (AvgIpc) is 2.83. The van der Waals surface area contributed by atoms with E-state index in [1.54, 1.807) is 18.2 Å². The summed E-state index contributed by atoms with van der Waals surface area (Å²) in [5.41, 5.74) is 6.39. The van der Waals surface area contributed by atoms with Gasteiger partial charge in [0.2, 0.25) is 0 Å². The van der Waals surface area contributed by atoms with Crippen LogP contribution in [0.5, 0.6) is 5.75 Å². The van der Waals surface area contributed by atoms with Gasteiger partial charge in [-0.1, -0.05) is 15.9 Å². The lowest BCUT2D eigenvalue weighted by Crippen LogP contribution is -2.32. The number of nitrogens with zero attached hydrogens (tertiary/aromatic N) is 1. The molecule has 1 amide bonds. The zero-order chi connectivity index (χ0) is 14.3. The fourth-order valence-electron chi connectivity index (χ4n) is 3.48. The largest absolute Gasteiger partial charge is 0.507 e. The van der Waals surface area contributed by atoms with Crippen LogP contribution in [0.1, 0.15) is 29.6 Å². The molecule has 20 heavy (non-hydrogen) atoms. The number of carbonyl (C=O) groups is 1. The summed E-state index contributed by atoms with van der Waals surface area (Å²) in [5, 5.41) is 9.88. The van der Waals surface area contributed by atoms with E-state index in [1.807, 2.05) is 4.90 Å². The minimum Gasteiger partial charge on any atom is -0.507 e. The quantitative estimate of drug-likeness (QED) is 0.825. The summed E-state index contributed by atoms with van der Waals surface area (Å²) in [6.45, 7) is 1.56. The number of aromatic hydroxyl groups is 1. The summed E-state index contributed by atoms with van der Waals surface area (Å²) < 4.78 is 0.803. The highest BCUT2D eigenvalue weighted by Gasteiger charge is 2.39. The highest BCUT2D eigenvalue weighted by Crippen LogP contribution is 2.37. The second-order valence-electron chi connectivity index (χ2n) is 5.96. The van der Waals surface area contributed by atoms with Gasteiger partial charge in [0, 0.05) is 23.6 Å². The third-order valence-corrected chi connectivity index (χ3v) is 5.06. The Morgan fingerprint density at radius 3 is 2.85 bits per heavy atom. The van der Waals surface area contributed by atoms with E-state index in [0.717, 1.165) is 36.8 Å². The first-order chi connectivity index (χ1) is 9.54. The first kappa shape index (κ1) is 13.9. The van der Waals surface area contributed by atoms with Gasteiger partial charge in [-0.2, -0.15) is 0 Å². The molecule has 5 heteroatoms. The zero-order valence-corrected chi connectivity index (χ0v) is 12.8. The fraction of sp³-hybridized carbons (Fsp3) is 0.533. The number of hydrogen-bond acceptors (Lipinski definition) is 3. The molecule has 3 atom stereocenters. The fourth-order valence-corrected chi connectivity index (χ4v) is 3.84. The van der Waals surface area contributed by atoms with Gasteiger partial charge >= 0.3 is 0 Å². The number of phenolic OH excluding ortho intramolecular Hbond substituents is 1. The third-order valence-electron chi connectivity index (χ3n) is 4.57. The third kappa shape index (κ3) is 2.56. The van der Waals surface area contributed by atoms with Crippen LogP contribution in [0, 0.1) is 11.8 Å². The maximum Gasteiger partial charge on any atom is 0.257 e. The van der Waals surface area contributed by atoms with Crippen molar-refractivity contribution < 1.29 is 9.90 Å². The predicted molar refractivity (Wildman–Crippen MR) is 80.5 cm³/mol. The smallest absolute Gasteiger partial charge is 0.257 e. The van der Waals surface area contributed by atoms with Crippen molar-refractivity contribution >= 4 is 21.8 Å². The second-order valence-corrected chi connectivity index (χ2v) is 6.88. The number of likely N-dealkylation sites (tertiary alicyclic amines) is 1. The molecule has 1 aromatic carbocycles. The number of rotatable bonds is 1. The molecule has 3 rings (SSSR count). The van der Waals surface area contributed by atoms with Crippen LogP contribution < -0.4 is 5.73 Å². The molecule has 0 spiro atoms. The zero-order valence-electron chi connectivity index (χ0n) is 11.3. The van der Waals surface area contributed by atoms with Crippen LogP contribution >= 0.6 is 15.9 Å². The Balaban J connectivity index is 1.77. The van der Waals surface area contributed by atoms with E-state index >= 15 is 0 Å². The van der Waals surface area contributed by atoms with Crippen molar-refractivity contribution in [1.29, 1.82) is 0 Å². The summed E-state index contributed by atoms with van der Waals surface area (Å²) >= 11 is 3.34. The van der Waals surface area contributed by atoms with Crippen molar-refractivity contribution in [3.8, 4) is 5.75 Å². The Bertz CT molecular complexity index is 535. The molecule has 0 bridgehead atoms. The molecule has 1 saturated carbocycles. The van der Waals surface area contributed by atoms with Gasteiger partial charge in [0.1, 0.15) is 5.75 Å². The number of phenols is 1.